The number of rotatable bonds is 4. The Hall–Kier alpha value is -1.56. The van der Waals surface area contributed by atoms with E-state index in [-0.39, 0.29) is 18.3 Å². The molecule has 0 saturated carbocycles. The normalized spacial score (nSPS) is 13.8. The van der Waals surface area contributed by atoms with E-state index in [4.69, 9.17) is 11.6 Å². The van der Waals surface area contributed by atoms with Crippen LogP contribution >= 0.6 is 24.0 Å². The molecule has 0 bridgehead atoms. The van der Waals surface area contributed by atoms with Crippen LogP contribution in [0.1, 0.15) is 41.2 Å². The van der Waals surface area contributed by atoms with Crippen LogP contribution in [-0.2, 0) is 19.4 Å². The molecule has 1 aliphatic heterocycles. The van der Waals surface area contributed by atoms with Gasteiger partial charge in [-0.25, -0.2) is 0 Å². The maximum Gasteiger partial charge on any atom is 0.272 e. The molecule has 1 amide bonds. The molecule has 5 nitrogen and oxygen atoms in total. The fraction of sp³-hybridized carbons (Fsp3) is 0.412. The summed E-state index contributed by atoms with van der Waals surface area (Å²) >= 11 is 6.22. The van der Waals surface area contributed by atoms with Gasteiger partial charge in [0.15, 0.2) is 5.69 Å². The smallest absolute Gasteiger partial charge is 0.272 e. The molecule has 0 unspecified atom stereocenters. The molecule has 0 radical (unpaired) electrons. The maximum atomic E-state index is 12.6. The number of aromatic nitrogens is 2. The molecule has 1 aromatic carbocycles. The van der Waals surface area contributed by atoms with Crippen LogP contribution in [0.5, 0.6) is 0 Å². The van der Waals surface area contributed by atoms with Gasteiger partial charge in [-0.15, -0.1) is 12.4 Å². The van der Waals surface area contributed by atoms with Gasteiger partial charge >= 0.3 is 0 Å². The Morgan fingerprint density at radius 2 is 2.12 bits per heavy atom. The summed E-state index contributed by atoms with van der Waals surface area (Å²) in [7, 11) is 0. The number of amides is 1. The molecule has 3 N–H and O–H groups in total. The van der Waals surface area contributed by atoms with Crippen molar-refractivity contribution in [3.8, 4) is 0 Å². The third-order valence-corrected chi connectivity index (χ3v) is 4.43. The lowest BCUT2D eigenvalue weighted by molar-refractivity contribution is 0.0906. The van der Waals surface area contributed by atoms with Gasteiger partial charge in [0.1, 0.15) is 0 Å². The van der Waals surface area contributed by atoms with Crippen molar-refractivity contribution >= 4 is 29.9 Å². The largest absolute Gasteiger partial charge is 0.345 e. The summed E-state index contributed by atoms with van der Waals surface area (Å²) in [5.41, 5.74) is 3.11. The van der Waals surface area contributed by atoms with Crippen molar-refractivity contribution in [2.75, 3.05) is 6.54 Å². The molecule has 2 heterocycles. The third-order valence-electron chi connectivity index (χ3n) is 4.06. The van der Waals surface area contributed by atoms with Gasteiger partial charge in [-0.3, -0.25) is 9.89 Å². The topological polar surface area (TPSA) is 69.8 Å². The van der Waals surface area contributed by atoms with Crippen molar-refractivity contribution in [1.82, 2.24) is 20.8 Å². The van der Waals surface area contributed by atoms with Crippen molar-refractivity contribution in [2.45, 2.75) is 38.8 Å². The van der Waals surface area contributed by atoms with E-state index in [1.807, 2.05) is 38.1 Å². The first kappa shape index (κ1) is 18.8. The van der Waals surface area contributed by atoms with Crippen molar-refractivity contribution in [3.63, 3.8) is 0 Å². The van der Waals surface area contributed by atoms with Gasteiger partial charge in [0, 0.05) is 41.3 Å². The Kier molecular flexibility index (Phi) is 5.91. The van der Waals surface area contributed by atoms with Crippen molar-refractivity contribution in [3.05, 3.63) is 51.8 Å². The third kappa shape index (κ3) is 4.09. The van der Waals surface area contributed by atoms with Gasteiger partial charge in [0.2, 0.25) is 0 Å². The number of aromatic amines is 1. The van der Waals surface area contributed by atoms with Gasteiger partial charge in [0.25, 0.3) is 5.91 Å². The Bertz CT molecular complexity index is 727. The molecule has 0 atom stereocenters. The molecular formula is C17H22Cl2N4O. The van der Waals surface area contributed by atoms with Crippen LogP contribution in [0.4, 0.5) is 0 Å². The van der Waals surface area contributed by atoms with E-state index in [0.29, 0.717) is 18.7 Å². The van der Waals surface area contributed by atoms with E-state index in [1.54, 1.807) is 0 Å². The van der Waals surface area contributed by atoms with Crippen LogP contribution in [0.3, 0.4) is 0 Å². The molecule has 0 saturated heterocycles. The second-order valence-corrected chi connectivity index (χ2v) is 6.97. The number of nitrogens with one attached hydrogen (secondary N) is 3. The predicted molar refractivity (Wildman–Crippen MR) is 97.9 cm³/mol. The Labute approximate surface area is 153 Å². The lowest BCUT2D eigenvalue weighted by atomic mass is 9.94. The van der Waals surface area contributed by atoms with E-state index >= 15 is 0 Å². The van der Waals surface area contributed by atoms with Crippen LogP contribution in [0, 0.1) is 0 Å². The Morgan fingerprint density at radius 3 is 2.88 bits per heavy atom. The molecular weight excluding hydrogens is 347 g/mol. The Balaban J connectivity index is 0.00000208. The van der Waals surface area contributed by atoms with Gasteiger partial charge in [-0.05, 0) is 31.9 Å². The summed E-state index contributed by atoms with van der Waals surface area (Å²) in [6.07, 6.45) is 1.53. The quantitative estimate of drug-likeness (QED) is 0.776. The van der Waals surface area contributed by atoms with Gasteiger partial charge in [0.05, 0.1) is 0 Å². The number of H-pyrrole nitrogens is 1. The summed E-state index contributed by atoms with van der Waals surface area (Å²) in [5, 5.41) is 14.3. The monoisotopic (exact) mass is 368 g/mol. The minimum absolute atomic E-state index is 0. The lowest BCUT2D eigenvalue weighted by Gasteiger charge is -2.27. The summed E-state index contributed by atoms with van der Waals surface area (Å²) in [6.45, 7) is 5.57. The van der Waals surface area contributed by atoms with Crippen LogP contribution in [0.25, 0.3) is 0 Å². The van der Waals surface area contributed by atoms with E-state index in [9.17, 15) is 4.79 Å². The SMILES string of the molecule is CC(C)(Cc1ccccc1Cl)NC(=O)c1n[nH]c2c1CNCC2.Cl. The maximum absolute atomic E-state index is 12.6. The minimum Gasteiger partial charge on any atom is -0.345 e. The minimum atomic E-state index is -0.421. The highest BCUT2D eigenvalue weighted by Crippen LogP contribution is 2.22. The fourth-order valence-corrected chi connectivity index (χ4v) is 3.14. The van der Waals surface area contributed by atoms with E-state index in [2.05, 4.69) is 20.8 Å². The molecule has 24 heavy (non-hydrogen) atoms. The summed E-state index contributed by atoms with van der Waals surface area (Å²) in [5.74, 6) is -0.150. The predicted octanol–water partition coefficient (Wildman–Crippen LogP) is 2.88. The highest BCUT2D eigenvalue weighted by atomic mass is 35.5. The highest BCUT2D eigenvalue weighted by molar-refractivity contribution is 6.31. The van der Waals surface area contributed by atoms with Gasteiger partial charge in [-0.2, -0.15) is 5.10 Å². The second kappa shape index (κ2) is 7.55. The summed E-state index contributed by atoms with van der Waals surface area (Å²) in [4.78, 5) is 12.6. The number of carbonyl (C=O) groups is 1. The van der Waals surface area contributed by atoms with E-state index in [1.165, 1.54) is 0 Å². The van der Waals surface area contributed by atoms with Gasteiger partial charge in [-0.1, -0.05) is 29.8 Å². The number of halogens is 2. The Morgan fingerprint density at radius 1 is 1.38 bits per heavy atom. The molecule has 7 heteroatoms. The first-order chi connectivity index (χ1) is 11.0. The second-order valence-electron chi connectivity index (χ2n) is 6.56. The van der Waals surface area contributed by atoms with Crippen LogP contribution in [0.15, 0.2) is 24.3 Å². The molecule has 130 valence electrons. The molecule has 0 fully saturated rings. The molecule has 2 aromatic rings. The molecule has 1 aromatic heterocycles. The van der Waals surface area contributed by atoms with Crippen LogP contribution < -0.4 is 10.6 Å². The van der Waals surface area contributed by atoms with Crippen molar-refractivity contribution in [1.29, 1.82) is 0 Å². The molecule has 0 aliphatic carbocycles. The lowest BCUT2D eigenvalue weighted by Crippen LogP contribution is -2.45. The summed E-state index contributed by atoms with van der Waals surface area (Å²) in [6, 6.07) is 7.70. The zero-order valence-electron chi connectivity index (χ0n) is 13.8. The first-order valence-corrected chi connectivity index (χ1v) is 8.17. The fourth-order valence-electron chi connectivity index (χ4n) is 2.94. The highest BCUT2D eigenvalue weighted by Gasteiger charge is 2.27. The van der Waals surface area contributed by atoms with Crippen LogP contribution in [0.2, 0.25) is 5.02 Å². The molecule has 3 rings (SSSR count). The number of benzene rings is 1. The number of hydrogen-bond donors (Lipinski definition) is 3. The first-order valence-electron chi connectivity index (χ1n) is 7.79. The summed E-state index contributed by atoms with van der Waals surface area (Å²) < 4.78 is 0. The van der Waals surface area contributed by atoms with Crippen molar-refractivity contribution < 1.29 is 4.79 Å². The van der Waals surface area contributed by atoms with Crippen LogP contribution in [-0.4, -0.2) is 28.2 Å². The van der Waals surface area contributed by atoms with Gasteiger partial charge < -0.3 is 10.6 Å². The average Bonchev–Trinajstić information content (AvgIpc) is 2.93. The standard InChI is InChI=1S/C17H21ClN4O.ClH/c1-17(2,9-11-5-3-4-6-13(11)18)20-16(23)15-12-10-19-8-7-14(12)21-22-15;/h3-6,19H,7-10H2,1-2H3,(H,20,23)(H,21,22);1H. The number of hydrogen-bond acceptors (Lipinski definition) is 3. The van der Waals surface area contributed by atoms with E-state index < -0.39 is 5.54 Å². The van der Waals surface area contributed by atoms with Crippen molar-refractivity contribution in [2.24, 2.45) is 0 Å². The number of carbonyl (C=O) groups excluding carboxylic acids is 1. The molecule has 1 aliphatic rings. The number of nitrogens with zero attached hydrogens (tertiary/aromatic N) is 1. The zero-order chi connectivity index (χ0) is 16.4. The van der Waals surface area contributed by atoms with E-state index in [0.717, 1.165) is 34.8 Å². The molecule has 0 spiro atoms. The average molecular weight is 369 g/mol. The zero-order valence-corrected chi connectivity index (χ0v) is 15.4. The number of fused-ring (bicyclic) bond motifs is 1.